The largest absolute Gasteiger partial charge is 0.387 e. The number of aliphatic hydroxyl groups excluding tert-OH is 3. The Kier molecular flexibility index (Phi) is 16.7. The van der Waals surface area contributed by atoms with Crippen LogP contribution in [-0.4, -0.2) is 165 Å². The lowest BCUT2D eigenvalue weighted by molar-refractivity contribution is -0.108. The van der Waals surface area contributed by atoms with E-state index in [0.717, 1.165) is 21.7 Å². The summed E-state index contributed by atoms with van der Waals surface area (Å²) >= 11 is 1.52. The van der Waals surface area contributed by atoms with Crippen LogP contribution in [0.5, 0.6) is 0 Å². The number of imidazole rings is 2. The lowest BCUT2D eigenvalue weighted by Gasteiger charge is -2.30. The number of rotatable bonds is 20. The number of sulfonamides is 1. The molecule has 0 saturated carbocycles. The van der Waals surface area contributed by atoms with Gasteiger partial charge in [0, 0.05) is 49.7 Å². The number of anilines is 4. The normalized spacial score (nSPS) is 22.1. The van der Waals surface area contributed by atoms with E-state index in [-0.39, 0.29) is 66.7 Å². The van der Waals surface area contributed by atoms with Gasteiger partial charge in [-0.05, 0) is 64.8 Å². The van der Waals surface area contributed by atoms with Gasteiger partial charge in [-0.3, -0.25) is 9.13 Å². The predicted octanol–water partition coefficient (Wildman–Crippen LogP) is 2.39. The number of nitrogens with one attached hydrogen (secondary N) is 4. The molecule has 0 aliphatic carbocycles. The highest BCUT2D eigenvalue weighted by atomic mass is 32.2. The van der Waals surface area contributed by atoms with E-state index in [4.69, 9.17) is 25.9 Å². The summed E-state index contributed by atoms with van der Waals surface area (Å²) in [6.07, 6.45) is -0.406. The molecule has 2 saturated heterocycles. The number of urea groups is 2. The van der Waals surface area contributed by atoms with Crippen LogP contribution in [0, 0.1) is 0 Å². The second kappa shape index (κ2) is 22.7. The molecule has 410 valence electrons. The minimum atomic E-state index is -3.81. The number of nitrogen functional groups attached to an aromatic ring is 2. The van der Waals surface area contributed by atoms with Crippen molar-refractivity contribution in [2.24, 2.45) is 0 Å². The maximum Gasteiger partial charge on any atom is 0.319 e. The number of carbonyl (C=O) groups excluding carboxylic acids is 2. The first kappa shape index (κ1) is 55.9. The standard InChI is InChI=1S/C49H67N15O10S2/c1-47(2,3)28-9-13-30(14-10-28)58-45(68)52-17-7-19-62(76(6,71)72)22-32-39(67)49(70,24-73-32)64-27-57-36-41(51)60-34(61-43(36)64)21-48(4,5)29-11-15-31(16-12-29)59-46(69)53-18-8-20-75-23-33-37(65)38(66)44(74-33)63-26-56-35-40(50)54-25-55-42(35)63/h9-16,25-27,32-33,37-39,44,65-67,70H,7-8,17-24H2,1-6H3,(H2,50,54,55)(H2,51,60,61)(H2,52,58,68)(H2,53,59,69). The maximum absolute atomic E-state index is 12.9. The first-order valence-corrected chi connectivity index (χ1v) is 27.7. The molecule has 27 heteroatoms. The Morgan fingerprint density at radius 1 is 0.816 bits per heavy atom. The first-order chi connectivity index (χ1) is 35.9. The molecule has 2 aliphatic rings. The number of hydrogen-bond donors (Lipinski definition) is 10. The Morgan fingerprint density at radius 2 is 1.43 bits per heavy atom. The van der Waals surface area contributed by atoms with Gasteiger partial charge in [-0.2, -0.15) is 16.1 Å². The highest BCUT2D eigenvalue weighted by Crippen LogP contribution is 2.36. The summed E-state index contributed by atoms with van der Waals surface area (Å²) < 4.78 is 41.6. The zero-order chi connectivity index (χ0) is 54.7. The zero-order valence-electron chi connectivity index (χ0n) is 43.1. The molecule has 0 spiro atoms. The average molecular weight is 1090 g/mol. The molecule has 7 atom stereocenters. The third kappa shape index (κ3) is 12.6. The smallest absolute Gasteiger partial charge is 0.319 e. The van der Waals surface area contributed by atoms with Crippen LogP contribution in [0.1, 0.15) is 70.6 Å². The number of ether oxygens (including phenoxy) is 2. The molecule has 2 aromatic carbocycles. The third-order valence-corrected chi connectivity index (χ3v) is 15.9. The fraction of sp³-hybridized carbons (Fsp3) is 0.510. The topological polar surface area (TPSA) is 358 Å². The van der Waals surface area contributed by atoms with Gasteiger partial charge < -0.3 is 62.6 Å². The van der Waals surface area contributed by atoms with Gasteiger partial charge in [0.15, 0.2) is 34.9 Å². The maximum atomic E-state index is 12.9. The summed E-state index contributed by atoms with van der Waals surface area (Å²) in [4.78, 5) is 51.3. The number of aromatic nitrogens is 8. The van der Waals surface area contributed by atoms with Gasteiger partial charge in [0.2, 0.25) is 10.0 Å². The van der Waals surface area contributed by atoms with Gasteiger partial charge >= 0.3 is 12.1 Å². The Morgan fingerprint density at radius 3 is 2.08 bits per heavy atom. The fourth-order valence-electron chi connectivity index (χ4n) is 9.09. The van der Waals surface area contributed by atoms with Gasteiger partial charge in [0.05, 0.1) is 31.6 Å². The van der Waals surface area contributed by atoms with Crippen LogP contribution in [0.2, 0.25) is 0 Å². The van der Waals surface area contributed by atoms with Crippen molar-refractivity contribution < 1.29 is 47.9 Å². The van der Waals surface area contributed by atoms with Crippen LogP contribution in [0.15, 0.2) is 67.5 Å². The van der Waals surface area contributed by atoms with Gasteiger partial charge in [0.25, 0.3) is 0 Å². The quantitative estimate of drug-likeness (QED) is 0.0491. The van der Waals surface area contributed by atoms with Crippen LogP contribution >= 0.6 is 11.8 Å². The SMILES string of the molecule is CC(C)(C)c1ccc(NC(=O)NCCCN(CC2OCC(O)(n3cnc4c(N)nc(CC(C)(C)c5ccc(NC(=O)NCCCSCC6OC(n7cnc8c(N)ncnc87)C(O)C6O)cc5)nc43)C2O)S(C)(=O)=O)cc1. The molecular formula is C49H67N15O10S2. The number of thioether (sulfide) groups is 1. The Bertz CT molecular complexity index is 3120. The third-order valence-electron chi connectivity index (χ3n) is 13.5. The summed E-state index contributed by atoms with van der Waals surface area (Å²) in [5, 5.41) is 56.2. The van der Waals surface area contributed by atoms with E-state index in [1.54, 1.807) is 12.1 Å². The molecule has 76 heavy (non-hydrogen) atoms. The average Bonchev–Trinajstić information content (AvgIpc) is 4.16. The van der Waals surface area contributed by atoms with Crippen LogP contribution in [0.3, 0.4) is 0 Å². The van der Waals surface area contributed by atoms with Crippen molar-refractivity contribution in [1.29, 1.82) is 0 Å². The van der Waals surface area contributed by atoms with E-state index in [1.807, 2.05) is 50.2 Å². The molecule has 2 fully saturated rings. The van der Waals surface area contributed by atoms with Crippen molar-refractivity contribution in [2.75, 3.05) is 72.6 Å². The van der Waals surface area contributed by atoms with E-state index in [2.05, 4.69) is 67.0 Å². The van der Waals surface area contributed by atoms with Crippen LogP contribution < -0.4 is 32.7 Å². The van der Waals surface area contributed by atoms with E-state index in [0.29, 0.717) is 52.8 Å². The van der Waals surface area contributed by atoms with Crippen molar-refractivity contribution in [2.45, 2.75) is 107 Å². The van der Waals surface area contributed by atoms with Crippen LogP contribution in [0.4, 0.5) is 32.6 Å². The van der Waals surface area contributed by atoms with Gasteiger partial charge in [-0.15, -0.1) is 0 Å². The minimum Gasteiger partial charge on any atom is -0.387 e. The summed E-state index contributed by atoms with van der Waals surface area (Å²) in [5.74, 6) is 1.64. The second-order valence-electron chi connectivity index (χ2n) is 20.7. The molecule has 2 aliphatic heterocycles. The lowest BCUT2D eigenvalue weighted by atomic mass is 9.81. The van der Waals surface area contributed by atoms with Crippen molar-refractivity contribution in [1.82, 2.24) is 54.0 Å². The fourth-order valence-corrected chi connectivity index (χ4v) is 11.0. The molecule has 0 radical (unpaired) electrons. The summed E-state index contributed by atoms with van der Waals surface area (Å²) in [6.45, 7) is 10.1. The summed E-state index contributed by atoms with van der Waals surface area (Å²) in [5.41, 5.74) is 13.9. The monoisotopic (exact) mass is 1090 g/mol. The number of nitrogens with zero attached hydrogens (tertiary/aromatic N) is 9. The van der Waals surface area contributed by atoms with Gasteiger partial charge in [0.1, 0.15) is 47.6 Å². The minimum absolute atomic E-state index is 0.000387. The Hall–Kier alpha value is -6.30. The van der Waals surface area contributed by atoms with E-state index in [9.17, 15) is 38.4 Å². The number of hydrogen-bond acceptors (Lipinski definition) is 19. The molecule has 8 rings (SSSR count). The highest BCUT2D eigenvalue weighted by Gasteiger charge is 2.51. The number of aliphatic hydroxyl groups is 4. The Balaban J connectivity index is 0.793. The van der Waals surface area contributed by atoms with Crippen molar-refractivity contribution in [3.05, 3.63) is 84.5 Å². The first-order valence-electron chi connectivity index (χ1n) is 24.7. The number of carbonyl (C=O) groups is 2. The van der Waals surface area contributed by atoms with Crippen LogP contribution in [0.25, 0.3) is 22.3 Å². The molecule has 7 unspecified atom stereocenters. The summed E-state index contributed by atoms with van der Waals surface area (Å²) in [6, 6.07) is 14.0. The molecule has 0 bridgehead atoms. The van der Waals surface area contributed by atoms with Crippen molar-refractivity contribution >= 4 is 79.2 Å². The molecule has 4 aromatic heterocycles. The molecule has 6 aromatic rings. The molecule has 6 heterocycles. The summed E-state index contributed by atoms with van der Waals surface area (Å²) in [7, 11) is -3.81. The molecular weight excluding hydrogens is 1020 g/mol. The highest BCUT2D eigenvalue weighted by molar-refractivity contribution is 7.99. The number of benzene rings is 2. The number of nitrogens with two attached hydrogens (primary N) is 2. The van der Waals surface area contributed by atoms with E-state index >= 15 is 0 Å². The number of amides is 4. The molecule has 25 nitrogen and oxygen atoms in total. The molecule has 4 amide bonds. The van der Waals surface area contributed by atoms with E-state index in [1.165, 1.54) is 39.9 Å². The second-order valence-corrected chi connectivity index (χ2v) is 23.9. The van der Waals surface area contributed by atoms with Gasteiger partial charge in [-0.25, -0.2) is 47.9 Å². The Labute approximate surface area is 443 Å². The lowest BCUT2D eigenvalue weighted by Crippen LogP contribution is -2.49. The van der Waals surface area contributed by atoms with Crippen molar-refractivity contribution in [3.8, 4) is 0 Å². The van der Waals surface area contributed by atoms with Gasteiger partial charge in [-0.1, -0.05) is 58.9 Å². The predicted molar refractivity (Wildman–Crippen MR) is 287 cm³/mol. The molecule has 12 N–H and O–H groups in total. The zero-order valence-corrected chi connectivity index (χ0v) is 44.8. The van der Waals surface area contributed by atoms with E-state index < -0.39 is 70.5 Å². The van der Waals surface area contributed by atoms with Crippen LogP contribution in [-0.2, 0) is 42.5 Å². The number of fused-ring (bicyclic) bond motifs is 2. The van der Waals surface area contributed by atoms with Crippen molar-refractivity contribution in [3.63, 3.8) is 0 Å².